The molecule has 2 rings (SSSR count). The molecular weight excluding hydrogens is 216 g/mol. The standard InChI is InChI=1S/C13H16N2O2/c1-3-10(12-7-5-9-17-12)15-11-6-4-8-14-13(11)16-2/h4-10,15H,3H2,1-2H3. The SMILES string of the molecule is CCC(Nc1cccnc1OC)c1ccco1. The lowest BCUT2D eigenvalue weighted by Crippen LogP contribution is -2.10. The number of hydrogen-bond acceptors (Lipinski definition) is 4. The van der Waals surface area contributed by atoms with E-state index in [0.29, 0.717) is 5.88 Å². The Morgan fingerprint density at radius 3 is 2.94 bits per heavy atom. The molecule has 0 saturated heterocycles. The maximum absolute atomic E-state index is 5.41. The minimum absolute atomic E-state index is 0.128. The monoisotopic (exact) mass is 232 g/mol. The molecule has 0 saturated carbocycles. The average Bonchev–Trinajstić information content (AvgIpc) is 2.90. The van der Waals surface area contributed by atoms with Crippen LogP contribution in [0.2, 0.25) is 0 Å². The van der Waals surface area contributed by atoms with Crippen molar-refractivity contribution in [3.05, 3.63) is 42.5 Å². The molecule has 0 radical (unpaired) electrons. The third-order valence-electron chi connectivity index (χ3n) is 2.59. The Morgan fingerprint density at radius 1 is 1.41 bits per heavy atom. The molecule has 0 aliphatic carbocycles. The summed E-state index contributed by atoms with van der Waals surface area (Å²) in [6.45, 7) is 2.10. The number of rotatable bonds is 5. The molecule has 17 heavy (non-hydrogen) atoms. The zero-order valence-corrected chi connectivity index (χ0v) is 10.0. The summed E-state index contributed by atoms with van der Waals surface area (Å²) in [5.74, 6) is 1.51. The second kappa shape index (κ2) is 5.39. The van der Waals surface area contributed by atoms with Gasteiger partial charge in [-0.3, -0.25) is 0 Å². The van der Waals surface area contributed by atoms with Gasteiger partial charge in [0.25, 0.3) is 0 Å². The molecule has 2 heterocycles. The molecule has 0 fully saturated rings. The first-order valence-electron chi connectivity index (χ1n) is 5.64. The van der Waals surface area contributed by atoms with Crippen molar-refractivity contribution in [2.75, 3.05) is 12.4 Å². The number of nitrogens with zero attached hydrogens (tertiary/aromatic N) is 1. The smallest absolute Gasteiger partial charge is 0.237 e. The second-order valence-corrected chi connectivity index (χ2v) is 3.68. The van der Waals surface area contributed by atoms with Crippen LogP contribution >= 0.6 is 0 Å². The molecule has 0 aromatic carbocycles. The van der Waals surface area contributed by atoms with Gasteiger partial charge in [-0.1, -0.05) is 6.92 Å². The van der Waals surface area contributed by atoms with E-state index in [1.54, 1.807) is 19.6 Å². The first kappa shape index (κ1) is 11.5. The third kappa shape index (κ3) is 2.58. The molecule has 1 N–H and O–H groups in total. The van der Waals surface area contributed by atoms with Gasteiger partial charge in [-0.2, -0.15) is 0 Å². The van der Waals surface area contributed by atoms with Crippen LogP contribution in [0.3, 0.4) is 0 Å². The Balaban J connectivity index is 2.18. The van der Waals surface area contributed by atoms with Gasteiger partial charge in [0.1, 0.15) is 5.76 Å². The van der Waals surface area contributed by atoms with Crippen molar-refractivity contribution in [2.45, 2.75) is 19.4 Å². The van der Waals surface area contributed by atoms with Gasteiger partial charge in [-0.15, -0.1) is 0 Å². The number of hydrogen-bond donors (Lipinski definition) is 1. The summed E-state index contributed by atoms with van der Waals surface area (Å²) in [7, 11) is 1.61. The van der Waals surface area contributed by atoms with Crippen LogP contribution in [-0.2, 0) is 0 Å². The van der Waals surface area contributed by atoms with Gasteiger partial charge in [0.15, 0.2) is 0 Å². The number of ether oxygens (including phenoxy) is 1. The summed E-state index contributed by atoms with van der Waals surface area (Å²) >= 11 is 0. The van der Waals surface area contributed by atoms with E-state index in [0.717, 1.165) is 17.9 Å². The number of methoxy groups -OCH3 is 1. The van der Waals surface area contributed by atoms with Crippen LogP contribution in [0, 0.1) is 0 Å². The van der Waals surface area contributed by atoms with Crippen LogP contribution < -0.4 is 10.1 Å². The first-order chi connectivity index (χ1) is 8.35. The van der Waals surface area contributed by atoms with E-state index in [4.69, 9.17) is 9.15 Å². The van der Waals surface area contributed by atoms with Gasteiger partial charge < -0.3 is 14.5 Å². The van der Waals surface area contributed by atoms with E-state index < -0.39 is 0 Å². The molecule has 90 valence electrons. The highest BCUT2D eigenvalue weighted by Crippen LogP contribution is 2.27. The van der Waals surface area contributed by atoms with Gasteiger partial charge >= 0.3 is 0 Å². The highest BCUT2D eigenvalue weighted by atomic mass is 16.5. The zero-order chi connectivity index (χ0) is 12.1. The molecule has 2 aromatic rings. The predicted molar refractivity (Wildman–Crippen MR) is 66.2 cm³/mol. The van der Waals surface area contributed by atoms with Crippen LogP contribution in [-0.4, -0.2) is 12.1 Å². The van der Waals surface area contributed by atoms with E-state index in [-0.39, 0.29) is 6.04 Å². The van der Waals surface area contributed by atoms with Gasteiger partial charge in [-0.25, -0.2) is 4.98 Å². The van der Waals surface area contributed by atoms with Crippen molar-refractivity contribution in [1.82, 2.24) is 4.98 Å². The maximum atomic E-state index is 5.41. The Kier molecular flexibility index (Phi) is 3.65. The Hall–Kier alpha value is -1.97. The van der Waals surface area contributed by atoms with Crippen molar-refractivity contribution in [3.8, 4) is 5.88 Å². The zero-order valence-electron chi connectivity index (χ0n) is 10.0. The van der Waals surface area contributed by atoms with E-state index in [9.17, 15) is 0 Å². The van der Waals surface area contributed by atoms with Crippen LogP contribution in [0.15, 0.2) is 41.1 Å². The fourth-order valence-electron chi connectivity index (χ4n) is 1.71. The lowest BCUT2D eigenvalue weighted by molar-refractivity contribution is 0.398. The van der Waals surface area contributed by atoms with Gasteiger partial charge in [0.05, 0.1) is 25.1 Å². The topological polar surface area (TPSA) is 47.3 Å². The molecular formula is C13H16N2O2. The van der Waals surface area contributed by atoms with Gasteiger partial charge in [-0.05, 0) is 30.7 Å². The van der Waals surface area contributed by atoms with Crippen molar-refractivity contribution in [2.24, 2.45) is 0 Å². The largest absolute Gasteiger partial charge is 0.480 e. The molecule has 2 aromatic heterocycles. The minimum atomic E-state index is 0.128. The van der Waals surface area contributed by atoms with Crippen LogP contribution in [0.4, 0.5) is 5.69 Å². The van der Waals surface area contributed by atoms with E-state index in [1.165, 1.54) is 0 Å². The lowest BCUT2D eigenvalue weighted by atomic mass is 10.1. The van der Waals surface area contributed by atoms with Gasteiger partial charge in [0, 0.05) is 6.20 Å². The fraction of sp³-hybridized carbons (Fsp3) is 0.308. The second-order valence-electron chi connectivity index (χ2n) is 3.68. The molecule has 0 bridgehead atoms. The fourth-order valence-corrected chi connectivity index (χ4v) is 1.71. The minimum Gasteiger partial charge on any atom is -0.480 e. The van der Waals surface area contributed by atoms with Crippen molar-refractivity contribution >= 4 is 5.69 Å². The Labute approximate surface area is 101 Å². The summed E-state index contributed by atoms with van der Waals surface area (Å²) < 4.78 is 10.6. The summed E-state index contributed by atoms with van der Waals surface area (Å²) in [5, 5.41) is 3.37. The maximum Gasteiger partial charge on any atom is 0.237 e. The number of aromatic nitrogens is 1. The summed E-state index contributed by atoms with van der Waals surface area (Å²) in [4.78, 5) is 4.15. The number of furan rings is 1. The lowest BCUT2D eigenvalue weighted by Gasteiger charge is -2.17. The van der Waals surface area contributed by atoms with Crippen molar-refractivity contribution in [1.29, 1.82) is 0 Å². The molecule has 0 aliphatic heterocycles. The number of pyridine rings is 1. The summed E-state index contributed by atoms with van der Waals surface area (Å²) in [6.07, 6.45) is 4.31. The molecule has 4 heteroatoms. The highest BCUT2D eigenvalue weighted by molar-refractivity contribution is 5.53. The first-order valence-corrected chi connectivity index (χ1v) is 5.64. The Bertz CT molecular complexity index is 454. The van der Waals surface area contributed by atoms with Crippen LogP contribution in [0.1, 0.15) is 25.1 Å². The molecule has 1 atom stereocenters. The molecule has 4 nitrogen and oxygen atoms in total. The van der Waals surface area contributed by atoms with Crippen LogP contribution in [0.25, 0.3) is 0 Å². The van der Waals surface area contributed by atoms with Crippen molar-refractivity contribution < 1.29 is 9.15 Å². The Morgan fingerprint density at radius 2 is 2.29 bits per heavy atom. The number of anilines is 1. The third-order valence-corrected chi connectivity index (χ3v) is 2.59. The van der Waals surface area contributed by atoms with E-state index >= 15 is 0 Å². The average molecular weight is 232 g/mol. The van der Waals surface area contributed by atoms with E-state index in [2.05, 4.69) is 17.2 Å². The predicted octanol–water partition coefficient (Wildman–Crippen LogP) is 3.25. The highest BCUT2D eigenvalue weighted by Gasteiger charge is 2.14. The molecule has 1 unspecified atom stereocenters. The van der Waals surface area contributed by atoms with E-state index in [1.807, 2.05) is 24.3 Å². The molecule has 0 aliphatic rings. The van der Waals surface area contributed by atoms with Crippen molar-refractivity contribution in [3.63, 3.8) is 0 Å². The molecule has 0 spiro atoms. The van der Waals surface area contributed by atoms with Gasteiger partial charge in [0.2, 0.25) is 5.88 Å². The van der Waals surface area contributed by atoms with Crippen LogP contribution in [0.5, 0.6) is 5.88 Å². The summed E-state index contributed by atoms with van der Waals surface area (Å²) in [6, 6.07) is 7.80. The normalized spacial score (nSPS) is 12.1. The molecule has 0 amide bonds. The quantitative estimate of drug-likeness (QED) is 0.859. The summed E-state index contributed by atoms with van der Waals surface area (Å²) in [5.41, 5.74) is 0.873. The number of nitrogens with one attached hydrogen (secondary N) is 1.